The van der Waals surface area contributed by atoms with Crippen LogP contribution in [0.4, 0.5) is 5.00 Å². The molecule has 0 saturated carbocycles. The Morgan fingerprint density at radius 3 is 2.88 bits per heavy atom. The van der Waals surface area contributed by atoms with E-state index < -0.39 is 0 Å². The number of aryl methyl sites for hydroxylation is 1. The van der Waals surface area contributed by atoms with E-state index >= 15 is 0 Å². The molecule has 0 bridgehead atoms. The lowest BCUT2D eigenvalue weighted by atomic mass is 10.3. The highest BCUT2D eigenvalue weighted by Crippen LogP contribution is 2.27. The topological polar surface area (TPSA) is 106 Å². The first kappa shape index (κ1) is 20.2. The number of hydrogen-bond donors (Lipinski definition) is 2. The average molecular weight is 399 g/mol. The lowest BCUT2D eigenvalue weighted by Gasteiger charge is -2.04. The van der Waals surface area contributed by atoms with Gasteiger partial charge in [0.1, 0.15) is 4.88 Å². The smallest absolute Gasteiger partial charge is 0.348 e. The summed E-state index contributed by atoms with van der Waals surface area (Å²) >= 11 is 2.38. The van der Waals surface area contributed by atoms with Gasteiger partial charge in [0.15, 0.2) is 5.16 Å². The molecular formula is C16H22N4O4S2. The Morgan fingerprint density at radius 2 is 2.19 bits per heavy atom. The van der Waals surface area contributed by atoms with Crippen molar-refractivity contribution >= 4 is 40.0 Å². The van der Waals surface area contributed by atoms with Crippen LogP contribution >= 0.6 is 23.1 Å². The monoisotopic (exact) mass is 398 g/mol. The number of esters is 1. The predicted octanol–water partition coefficient (Wildman–Crippen LogP) is 2.65. The van der Waals surface area contributed by atoms with Crippen molar-refractivity contribution in [3.63, 3.8) is 0 Å². The van der Waals surface area contributed by atoms with Crippen molar-refractivity contribution in [2.45, 2.75) is 45.3 Å². The van der Waals surface area contributed by atoms with Crippen molar-refractivity contribution in [1.82, 2.24) is 14.8 Å². The van der Waals surface area contributed by atoms with E-state index in [1.54, 1.807) is 19.9 Å². The maximum absolute atomic E-state index is 12.2. The molecule has 26 heavy (non-hydrogen) atoms. The van der Waals surface area contributed by atoms with Gasteiger partial charge in [-0.1, -0.05) is 25.1 Å². The summed E-state index contributed by atoms with van der Waals surface area (Å²) in [5.74, 6) is -0.507. The summed E-state index contributed by atoms with van der Waals surface area (Å²) in [6.07, 6.45) is 1.83. The number of ether oxygens (including phenoxy) is 1. The van der Waals surface area contributed by atoms with Gasteiger partial charge in [0.05, 0.1) is 17.4 Å². The number of anilines is 1. The minimum Gasteiger partial charge on any atom is -0.462 e. The number of nitrogens with zero attached hydrogens (tertiary/aromatic N) is 2. The zero-order valence-electron chi connectivity index (χ0n) is 15.0. The van der Waals surface area contributed by atoms with Gasteiger partial charge in [0.25, 0.3) is 0 Å². The van der Waals surface area contributed by atoms with Crippen LogP contribution in [0.3, 0.4) is 0 Å². The van der Waals surface area contributed by atoms with Crippen LogP contribution in [0.15, 0.2) is 16.0 Å². The van der Waals surface area contributed by atoms with E-state index in [1.165, 1.54) is 27.7 Å². The fourth-order valence-electron chi connectivity index (χ4n) is 2.17. The van der Waals surface area contributed by atoms with Crippen molar-refractivity contribution in [1.29, 1.82) is 0 Å². The molecule has 0 saturated heterocycles. The van der Waals surface area contributed by atoms with Crippen molar-refractivity contribution in [2.24, 2.45) is 0 Å². The number of thioether (sulfide) groups is 1. The Labute approximate surface area is 159 Å². The van der Waals surface area contributed by atoms with Crippen LogP contribution in [0.25, 0.3) is 0 Å². The van der Waals surface area contributed by atoms with Gasteiger partial charge in [0.2, 0.25) is 5.91 Å². The molecule has 2 N–H and O–H groups in total. The number of carbonyl (C=O) groups excluding carboxylic acids is 2. The number of rotatable bonds is 9. The van der Waals surface area contributed by atoms with Gasteiger partial charge in [-0.15, -0.1) is 16.4 Å². The standard InChI is InChI=1S/C16H22N4O4S2/c1-4-6-7-20-15(23)18-19-16(20)25-9-11(21)17-12-8-10(3)13(26-12)14(22)24-5-2/h8H,4-7,9H2,1-3H3,(H,17,21)(H,18,23). The van der Waals surface area contributed by atoms with E-state index in [9.17, 15) is 14.4 Å². The summed E-state index contributed by atoms with van der Waals surface area (Å²) in [6.45, 7) is 6.46. The number of unbranched alkanes of at least 4 members (excludes halogenated alkanes) is 1. The van der Waals surface area contributed by atoms with Gasteiger partial charge in [-0.2, -0.15) is 0 Å². The predicted molar refractivity (Wildman–Crippen MR) is 102 cm³/mol. The van der Waals surface area contributed by atoms with Crippen molar-refractivity contribution < 1.29 is 14.3 Å². The molecule has 2 aromatic rings. The van der Waals surface area contributed by atoms with Gasteiger partial charge in [-0.25, -0.2) is 14.7 Å². The highest BCUT2D eigenvalue weighted by molar-refractivity contribution is 7.99. The van der Waals surface area contributed by atoms with Crippen LogP contribution in [-0.4, -0.2) is 39.0 Å². The molecule has 8 nitrogen and oxygen atoms in total. The summed E-state index contributed by atoms with van der Waals surface area (Å²) < 4.78 is 6.53. The summed E-state index contributed by atoms with van der Waals surface area (Å²) in [5, 5.41) is 10.2. The van der Waals surface area contributed by atoms with Gasteiger partial charge in [0, 0.05) is 6.54 Å². The fraction of sp³-hybridized carbons (Fsp3) is 0.500. The highest BCUT2D eigenvalue weighted by atomic mass is 32.2. The van der Waals surface area contributed by atoms with E-state index in [1.807, 2.05) is 6.92 Å². The SMILES string of the molecule is CCCCn1c(SCC(=O)Nc2cc(C)c(C(=O)OCC)s2)n[nH]c1=O. The van der Waals surface area contributed by atoms with E-state index in [4.69, 9.17) is 4.74 Å². The molecular weight excluding hydrogens is 376 g/mol. The molecule has 0 atom stereocenters. The van der Waals surface area contributed by atoms with E-state index in [0.717, 1.165) is 18.4 Å². The minimum absolute atomic E-state index is 0.113. The first-order valence-corrected chi connectivity index (χ1v) is 10.1. The van der Waals surface area contributed by atoms with Crippen molar-refractivity contribution in [3.05, 3.63) is 27.0 Å². The van der Waals surface area contributed by atoms with Gasteiger partial charge >= 0.3 is 11.7 Å². The quantitative estimate of drug-likeness (QED) is 0.497. The Bertz CT molecular complexity index is 825. The molecule has 2 rings (SSSR count). The number of amides is 1. The molecule has 0 fully saturated rings. The van der Waals surface area contributed by atoms with Gasteiger partial charge in [-0.3, -0.25) is 9.36 Å². The Hall–Kier alpha value is -2.07. The second kappa shape index (κ2) is 9.58. The zero-order valence-corrected chi connectivity index (χ0v) is 16.6. The summed E-state index contributed by atoms with van der Waals surface area (Å²) in [4.78, 5) is 36.2. The molecule has 2 aromatic heterocycles. The van der Waals surface area contributed by atoms with Crippen molar-refractivity contribution in [3.8, 4) is 0 Å². The molecule has 1 amide bonds. The van der Waals surface area contributed by atoms with Crippen LogP contribution < -0.4 is 11.0 Å². The normalized spacial score (nSPS) is 10.7. The molecule has 0 aromatic carbocycles. The van der Waals surface area contributed by atoms with Crippen LogP contribution in [0.2, 0.25) is 0 Å². The van der Waals surface area contributed by atoms with E-state index in [2.05, 4.69) is 15.5 Å². The lowest BCUT2D eigenvalue weighted by Crippen LogP contribution is -2.18. The second-order valence-electron chi connectivity index (χ2n) is 5.50. The number of thiophene rings is 1. The zero-order chi connectivity index (χ0) is 19.1. The van der Waals surface area contributed by atoms with Gasteiger partial charge in [-0.05, 0) is 31.9 Å². The first-order valence-electron chi connectivity index (χ1n) is 8.31. The third kappa shape index (κ3) is 5.21. The maximum Gasteiger partial charge on any atom is 0.348 e. The molecule has 0 unspecified atom stereocenters. The van der Waals surface area contributed by atoms with Crippen LogP contribution in [-0.2, 0) is 16.1 Å². The minimum atomic E-state index is -0.388. The summed E-state index contributed by atoms with van der Waals surface area (Å²) in [6, 6.07) is 1.74. The van der Waals surface area contributed by atoms with Crippen LogP contribution in [0, 0.1) is 6.92 Å². The van der Waals surface area contributed by atoms with E-state index in [0.29, 0.717) is 28.2 Å². The van der Waals surface area contributed by atoms with Gasteiger partial charge < -0.3 is 10.1 Å². The third-order valence-electron chi connectivity index (χ3n) is 3.43. The lowest BCUT2D eigenvalue weighted by molar-refractivity contribution is -0.113. The summed E-state index contributed by atoms with van der Waals surface area (Å²) in [7, 11) is 0. The van der Waals surface area contributed by atoms with E-state index in [-0.39, 0.29) is 23.3 Å². The molecule has 0 radical (unpaired) electrons. The molecule has 0 aliphatic heterocycles. The largest absolute Gasteiger partial charge is 0.462 e. The number of aromatic nitrogens is 3. The fourth-order valence-corrected chi connectivity index (χ4v) is 3.93. The third-order valence-corrected chi connectivity index (χ3v) is 5.54. The second-order valence-corrected chi connectivity index (χ2v) is 7.49. The maximum atomic E-state index is 12.2. The Morgan fingerprint density at radius 1 is 1.42 bits per heavy atom. The highest BCUT2D eigenvalue weighted by Gasteiger charge is 2.16. The summed E-state index contributed by atoms with van der Waals surface area (Å²) in [5.41, 5.74) is 0.492. The Kier molecular flexibility index (Phi) is 7.46. The number of carbonyl (C=O) groups is 2. The molecule has 0 spiro atoms. The molecule has 0 aliphatic carbocycles. The van der Waals surface area contributed by atoms with Crippen molar-refractivity contribution in [2.75, 3.05) is 17.7 Å². The number of nitrogens with one attached hydrogen (secondary N) is 2. The average Bonchev–Trinajstić information content (AvgIpc) is 3.14. The number of hydrogen-bond acceptors (Lipinski definition) is 7. The molecule has 10 heteroatoms. The first-order chi connectivity index (χ1) is 12.5. The van der Waals surface area contributed by atoms with Crippen LogP contribution in [0.5, 0.6) is 0 Å². The number of H-pyrrole nitrogens is 1. The molecule has 2 heterocycles. The number of aromatic amines is 1. The Balaban J connectivity index is 1.95. The molecule has 0 aliphatic rings. The van der Waals surface area contributed by atoms with Crippen LogP contribution in [0.1, 0.15) is 41.9 Å². The molecule has 142 valence electrons.